The predicted octanol–water partition coefficient (Wildman–Crippen LogP) is 3.49. The van der Waals surface area contributed by atoms with Crippen LogP contribution in [0.3, 0.4) is 0 Å². The third kappa shape index (κ3) is 6.21. The summed E-state index contributed by atoms with van der Waals surface area (Å²) in [4.78, 5) is 23.6. The Morgan fingerprint density at radius 1 is 1.04 bits per heavy atom. The fourth-order valence-corrected chi connectivity index (χ4v) is 2.30. The molecule has 0 saturated heterocycles. The number of halogens is 2. The second-order valence-corrected chi connectivity index (χ2v) is 5.32. The predicted molar refractivity (Wildman–Crippen MR) is 89.3 cm³/mol. The van der Waals surface area contributed by atoms with Gasteiger partial charge in [0.1, 0.15) is 5.75 Å². The molecule has 0 aliphatic carbocycles. The average Bonchev–Trinajstić information content (AvgIpc) is 2.56. The van der Waals surface area contributed by atoms with Crippen molar-refractivity contribution in [2.24, 2.45) is 0 Å². The zero-order valence-corrected chi connectivity index (χ0v) is 13.5. The maximum absolute atomic E-state index is 12.2. The molecule has 0 radical (unpaired) electrons. The number of nitrogens with one attached hydrogen (secondary N) is 2. The van der Waals surface area contributed by atoms with Gasteiger partial charge in [-0.2, -0.15) is 8.78 Å². The van der Waals surface area contributed by atoms with Gasteiger partial charge in [-0.05, 0) is 29.8 Å². The van der Waals surface area contributed by atoms with E-state index in [2.05, 4.69) is 15.4 Å². The van der Waals surface area contributed by atoms with Crippen molar-refractivity contribution in [3.05, 3.63) is 60.2 Å². The second-order valence-electron chi connectivity index (χ2n) is 5.32. The van der Waals surface area contributed by atoms with Gasteiger partial charge in [0.15, 0.2) is 0 Å². The van der Waals surface area contributed by atoms with E-state index in [1.807, 2.05) is 30.3 Å². The SMILES string of the molecule is CC(=O)N[C@@H](CC(=O)Nc1ccc(OC(F)F)cc1)c1ccccc1. The first-order valence-electron chi connectivity index (χ1n) is 7.61. The maximum atomic E-state index is 12.2. The first kappa shape index (κ1) is 18.4. The van der Waals surface area contributed by atoms with Crippen LogP contribution in [0.25, 0.3) is 0 Å². The highest BCUT2D eigenvalue weighted by atomic mass is 19.3. The van der Waals surface area contributed by atoms with Crippen LogP contribution in [0.1, 0.15) is 24.9 Å². The van der Waals surface area contributed by atoms with Crippen molar-refractivity contribution in [1.29, 1.82) is 0 Å². The zero-order valence-electron chi connectivity index (χ0n) is 13.5. The summed E-state index contributed by atoms with van der Waals surface area (Å²) in [6, 6.07) is 14.3. The number of carbonyl (C=O) groups excluding carboxylic acids is 2. The van der Waals surface area contributed by atoms with Gasteiger partial charge in [-0.1, -0.05) is 30.3 Å². The number of anilines is 1. The molecule has 132 valence electrons. The number of hydrogen-bond acceptors (Lipinski definition) is 3. The summed E-state index contributed by atoms with van der Waals surface area (Å²) in [6.07, 6.45) is 0.0406. The summed E-state index contributed by atoms with van der Waals surface area (Å²) in [6.45, 7) is -1.51. The van der Waals surface area contributed by atoms with Gasteiger partial charge >= 0.3 is 6.61 Å². The molecule has 1 atom stereocenters. The Bertz CT molecular complexity index is 706. The van der Waals surface area contributed by atoms with Gasteiger partial charge in [0.2, 0.25) is 11.8 Å². The van der Waals surface area contributed by atoms with Crippen molar-refractivity contribution in [2.75, 3.05) is 5.32 Å². The Morgan fingerprint density at radius 3 is 2.24 bits per heavy atom. The largest absolute Gasteiger partial charge is 0.435 e. The van der Waals surface area contributed by atoms with E-state index in [1.54, 1.807) is 0 Å². The minimum atomic E-state index is -2.90. The van der Waals surface area contributed by atoms with E-state index >= 15 is 0 Å². The summed E-state index contributed by atoms with van der Waals surface area (Å²) in [5, 5.41) is 5.40. The lowest BCUT2D eigenvalue weighted by molar-refractivity contribution is -0.120. The normalized spacial score (nSPS) is 11.7. The van der Waals surface area contributed by atoms with Crippen molar-refractivity contribution in [3.8, 4) is 5.75 Å². The molecule has 0 aliphatic rings. The number of benzene rings is 2. The molecule has 0 fully saturated rings. The van der Waals surface area contributed by atoms with Gasteiger partial charge < -0.3 is 15.4 Å². The van der Waals surface area contributed by atoms with Crippen LogP contribution in [-0.2, 0) is 9.59 Å². The highest BCUT2D eigenvalue weighted by Crippen LogP contribution is 2.20. The summed E-state index contributed by atoms with van der Waals surface area (Å²) < 4.78 is 28.5. The number of rotatable bonds is 7. The van der Waals surface area contributed by atoms with Gasteiger partial charge in [0, 0.05) is 12.6 Å². The fraction of sp³-hybridized carbons (Fsp3) is 0.222. The first-order chi connectivity index (χ1) is 11.9. The molecule has 2 amide bonds. The highest BCUT2D eigenvalue weighted by Gasteiger charge is 2.17. The van der Waals surface area contributed by atoms with E-state index in [0.717, 1.165) is 5.56 Å². The molecule has 25 heavy (non-hydrogen) atoms. The maximum Gasteiger partial charge on any atom is 0.387 e. The van der Waals surface area contributed by atoms with Crippen LogP contribution >= 0.6 is 0 Å². The fourth-order valence-electron chi connectivity index (χ4n) is 2.30. The standard InChI is InChI=1S/C18H18F2N2O3/c1-12(23)21-16(13-5-3-2-4-6-13)11-17(24)22-14-7-9-15(10-8-14)25-18(19)20/h2-10,16,18H,11H2,1H3,(H,21,23)(H,22,24)/t16-/m0/s1. The van der Waals surface area contributed by atoms with Crippen molar-refractivity contribution in [1.82, 2.24) is 5.32 Å². The molecule has 2 rings (SSSR count). The van der Waals surface area contributed by atoms with Crippen LogP contribution in [0.2, 0.25) is 0 Å². The minimum absolute atomic E-state index is 0.00778. The summed E-state index contributed by atoms with van der Waals surface area (Å²) in [7, 11) is 0. The molecule has 2 aromatic rings. The molecular formula is C18H18F2N2O3. The van der Waals surface area contributed by atoms with E-state index in [4.69, 9.17) is 0 Å². The van der Waals surface area contributed by atoms with E-state index < -0.39 is 12.7 Å². The Labute approximate surface area is 144 Å². The Hall–Kier alpha value is -2.96. The molecule has 5 nitrogen and oxygen atoms in total. The molecule has 7 heteroatoms. The van der Waals surface area contributed by atoms with E-state index in [1.165, 1.54) is 31.2 Å². The Kier molecular flexibility index (Phi) is 6.45. The topological polar surface area (TPSA) is 67.4 Å². The molecule has 0 aliphatic heterocycles. The lowest BCUT2D eigenvalue weighted by atomic mass is 10.0. The van der Waals surface area contributed by atoms with Crippen LogP contribution in [-0.4, -0.2) is 18.4 Å². The molecule has 0 heterocycles. The van der Waals surface area contributed by atoms with E-state index in [9.17, 15) is 18.4 Å². The highest BCUT2D eigenvalue weighted by molar-refractivity contribution is 5.91. The van der Waals surface area contributed by atoms with Crippen LogP contribution < -0.4 is 15.4 Å². The number of carbonyl (C=O) groups is 2. The number of amides is 2. The van der Waals surface area contributed by atoms with E-state index in [0.29, 0.717) is 5.69 Å². The molecule has 0 unspecified atom stereocenters. The van der Waals surface area contributed by atoms with Crippen LogP contribution in [0.5, 0.6) is 5.75 Å². The molecular weight excluding hydrogens is 330 g/mol. The molecule has 0 saturated carbocycles. The number of alkyl halides is 2. The monoisotopic (exact) mass is 348 g/mol. The van der Waals surface area contributed by atoms with Crippen molar-refractivity contribution < 1.29 is 23.1 Å². The molecule has 2 aromatic carbocycles. The Balaban J connectivity index is 2.00. The molecule has 2 N–H and O–H groups in total. The summed E-state index contributed by atoms with van der Waals surface area (Å²) in [5.41, 5.74) is 1.26. The van der Waals surface area contributed by atoms with Crippen LogP contribution in [0.15, 0.2) is 54.6 Å². The van der Waals surface area contributed by atoms with Gasteiger partial charge in [-0.3, -0.25) is 9.59 Å². The summed E-state index contributed by atoms with van der Waals surface area (Å²) >= 11 is 0. The zero-order chi connectivity index (χ0) is 18.2. The number of ether oxygens (including phenoxy) is 1. The van der Waals surface area contributed by atoms with Crippen LogP contribution in [0.4, 0.5) is 14.5 Å². The smallest absolute Gasteiger partial charge is 0.387 e. The third-order valence-corrected chi connectivity index (χ3v) is 3.33. The first-order valence-corrected chi connectivity index (χ1v) is 7.61. The quantitative estimate of drug-likeness (QED) is 0.805. The third-order valence-electron chi connectivity index (χ3n) is 3.33. The van der Waals surface area contributed by atoms with Gasteiger partial charge in [-0.15, -0.1) is 0 Å². The van der Waals surface area contributed by atoms with Crippen molar-refractivity contribution in [2.45, 2.75) is 26.0 Å². The van der Waals surface area contributed by atoms with Crippen molar-refractivity contribution >= 4 is 17.5 Å². The summed E-state index contributed by atoms with van der Waals surface area (Å²) in [5.74, 6) is -0.548. The number of hydrogen-bond donors (Lipinski definition) is 2. The second kappa shape index (κ2) is 8.77. The Morgan fingerprint density at radius 2 is 1.68 bits per heavy atom. The van der Waals surface area contributed by atoms with Crippen molar-refractivity contribution in [3.63, 3.8) is 0 Å². The molecule has 0 bridgehead atoms. The average molecular weight is 348 g/mol. The lowest BCUT2D eigenvalue weighted by Gasteiger charge is -2.18. The van der Waals surface area contributed by atoms with Gasteiger partial charge in [0.25, 0.3) is 0 Å². The molecule has 0 aromatic heterocycles. The lowest BCUT2D eigenvalue weighted by Crippen LogP contribution is -2.29. The molecule has 0 spiro atoms. The van der Waals surface area contributed by atoms with Gasteiger partial charge in [0.05, 0.1) is 12.5 Å². The van der Waals surface area contributed by atoms with Gasteiger partial charge in [-0.25, -0.2) is 0 Å². The van der Waals surface area contributed by atoms with E-state index in [-0.39, 0.29) is 24.0 Å². The minimum Gasteiger partial charge on any atom is -0.435 e. The van der Waals surface area contributed by atoms with Crippen LogP contribution in [0, 0.1) is 0 Å².